The van der Waals surface area contributed by atoms with Gasteiger partial charge in [-0.3, -0.25) is 4.79 Å². The summed E-state index contributed by atoms with van der Waals surface area (Å²) in [6.45, 7) is 0.795. The highest BCUT2D eigenvalue weighted by atomic mass is 32.1. The molecule has 4 rings (SSSR count). The Kier molecular flexibility index (Phi) is 5.69. The molecular formula is C22H19FN2O3S. The van der Waals surface area contributed by atoms with Gasteiger partial charge in [0.2, 0.25) is 0 Å². The summed E-state index contributed by atoms with van der Waals surface area (Å²) in [4.78, 5) is 17.1. The molecule has 0 aliphatic heterocycles. The van der Waals surface area contributed by atoms with Gasteiger partial charge in [0.1, 0.15) is 11.6 Å². The molecule has 1 heterocycles. The predicted octanol–water partition coefficient (Wildman–Crippen LogP) is 4.15. The minimum absolute atomic E-state index is 0.175. The van der Waals surface area contributed by atoms with Crippen LogP contribution in [0.25, 0.3) is 21.0 Å². The maximum Gasteiger partial charge on any atom is 0.286 e. The van der Waals surface area contributed by atoms with Crippen molar-refractivity contribution in [3.63, 3.8) is 0 Å². The van der Waals surface area contributed by atoms with Crippen LogP contribution in [0.5, 0.6) is 5.75 Å². The lowest BCUT2D eigenvalue weighted by molar-refractivity contribution is -0.120. The minimum Gasteiger partial charge on any atom is -0.484 e. The molecule has 29 heavy (non-hydrogen) atoms. The number of rotatable bonds is 6. The zero-order valence-corrected chi connectivity index (χ0v) is 16.6. The standard InChI is InChI=1S/C22H19FN2O3S/c1-27-11-10-25-19-9-7-17(23)13-20(19)29-22(25)24-21(26)14-28-18-8-6-15-4-2-3-5-16(15)12-18/h2-9,12-13H,10-11,14H2,1H3. The number of carbonyl (C=O) groups excluding carboxylic acids is 1. The number of hydrogen-bond donors (Lipinski definition) is 0. The van der Waals surface area contributed by atoms with Crippen LogP contribution < -0.4 is 9.54 Å². The SMILES string of the molecule is COCCn1c(=NC(=O)COc2ccc3ccccc3c2)sc2cc(F)ccc21. The first kappa shape index (κ1) is 19.3. The molecule has 0 radical (unpaired) electrons. The average Bonchev–Trinajstić information content (AvgIpc) is 3.06. The van der Waals surface area contributed by atoms with Crippen LogP contribution in [-0.4, -0.2) is 30.8 Å². The van der Waals surface area contributed by atoms with Crippen molar-refractivity contribution < 1.29 is 18.7 Å². The fourth-order valence-corrected chi connectivity index (χ4v) is 4.17. The van der Waals surface area contributed by atoms with Crippen molar-refractivity contribution >= 4 is 38.2 Å². The Hall–Kier alpha value is -3.03. The van der Waals surface area contributed by atoms with E-state index in [-0.39, 0.29) is 12.4 Å². The second-order valence-corrected chi connectivity index (χ2v) is 7.45. The van der Waals surface area contributed by atoms with Crippen LogP contribution in [0.3, 0.4) is 0 Å². The molecule has 0 aliphatic rings. The number of ether oxygens (including phenoxy) is 2. The van der Waals surface area contributed by atoms with E-state index in [1.165, 1.54) is 23.5 Å². The fourth-order valence-electron chi connectivity index (χ4n) is 3.07. The van der Waals surface area contributed by atoms with Crippen molar-refractivity contribution in [2.75, 3.05) is 20.3 Å². The first-order valence-corrected chi connectivity index (χ1v) is 9.93. The number of aromatic nitrogens is 1. The lowest BCUT2D eigenvalue weighted by Crippen LogP contribution is -2.21. The van der Waals surface area contributed by atoms with Gasteiger partial charge in [0.15, 0.2) is 11.4 Å². The molecule has 0 atom stereocenters. The maximum atomic E-state index is 13.6. The second kappa shape index (κ2) is 8.55. The number of fused-ring (bicyclic) bond motifs is 2. The molecule has 0 N–H and O–H groups in total. The molecule has 5 nitrogen and oxygen atoms in total. The Morgan fingerprint density at radius 1 is 1.10 bits per heavy atom. The molecule has 148 valence electrons. The lowest BCUT2D eigenvalue weighted by Gasteiger charge is -2.06. The number of benzene rings is 3. The van der Waals surface area contributed by atoms with Crippen LogP contribution in [-0.2, 0) is 16.1 Å². The van der Waals surface area contributed by atoms with E-state index in [1.54, 1.807) is 13.2 Å². The Balaban J connectivity index is 1.57. The summed E-state index contributed by atoms with van der Waals surface area (Å²) < 4.78 is 26.9. The molecule has 1 aromatic heterocycles. The van der Waals surface area contributed by atoms with Crippen molar-refractivity contribution in [2.24, 2.45) is 4.99 Å². The normalized spacial score (nSPS) is 12.0. The third kappa shape index (κ3) is 4.36. The highest BCUT2D eigenvalue weighted by molar-refractivity contribution is 7.16. The highest BCUT2D eigenvalue weighted by Gasteiger charge is 2.09. The number of halogens is 1. The van der Waals surface area contributed by atoms with E-state index in [1.807, 2.05) is 47.0 Å². The monoisotopic (exact) mass is 410 g/mol. The molecule has 0 fully saturated rings. The van der Waals surface area contributed by atoms with Crippen LogP contribution in [0.15, 0.2) is 65.7 Å². The Bertz CT molecular complexity index is 1250. The van der Waals surface area contributed by atoms with E-state index in [0.717, 1.165) is 21.0 Å². The van der Waals surface area contributed by atoms with Gasteiger partial charge in [0.25, 0.3) is 5.91 Å². The molecule has 4 aromatic rings. The van der Waals surface area contributed by atoms with Crippen molar-refractivity contribution in [1.29, 1.82) is 0 Å². The quantitative estimate of drug-likeness (QED) is 0.480. The van der Waals surface area contributed by atoms with Gasteiger partial charge in [-0.15, -0.1) is 0 Å². The van der Waals surface area contributed by atoms with Crippen LogP contribution >= 0.6 is 11.3 Å². The van der Waals surface area contributed by atoms with E-state index in [2.05, 4.69) is 4.99 Å². The Labute approximate surface area is 170 Å². The van der Waals surface area contributed by atoms with E-state index in [4.69, 9.17) is 9.47 Å². The van der Waals surface area contributed by atoms with E-state index in [0.29, 0.717) is 23.7 Å². The largest absolute Gasteiger partial charge is 0.484 e. The van der Waals surface area contributed by atoms with E-state index in [9.17, 15) is 9.18 Å². The third-order valence-corrected chi connectivity index (χ3v) is 5.51. The summed E-state index contributed by atoms with van der Waals surface area (Å²) in [5, 5.41) is 2.14. The summed E-state index contributed by atoms with van der Waals surface area (Å²) in [6, 6.07) is 18.1. The van der Waals surface area contributed by atoms with Crippen molar-refractivity contribution in [3.05, 3.63) is 71.3 Å². The third-order valence-electron chi connectivity index (χ3n) is 4.47. The molecule has 7 heteroatoms. The van der Waals surface area contributed by atoms with Crippen LogP contribution in [0.2, 0.25) is 0 Å². The average molecular weight is 410 g/mol. The summed E-state index contributed by atoms with van der Waals surface area (Å²) in [6.07, 6.45) is 0. The van der Waals surface area contributed by atoms with Gasteiger partial charge in [0, 0.05) is 13.7 Å². The van der Waals surface area contributed by atoms with Crippen LogP contribution in [0.1, 0.15) is 0 Å². The van der Waals surface area contributed by atoms with Crippen molar-refractivity contribution in [3.8, 4) is 5.75 Å². The summed E-state index contributed by atoms with van der Waals surface area (Å²) in [5.74, 6) is -0.121. The first-order chi connectivity index (χ1) is 14.1. The molecule has 0 unspecified atom stereocenters. The molecule has 0 saturated heterocycles. The minimum atomic E-state index is -0.406. The number of methoxy groups -OCH3 is 1. The number of hydrogen-bond acceptors (Lipinski definition) is 4. The zero-order chi connectivity index (χ0) is 20.2. The number of carbonyl (C=O) groups is 1. The van der Waals surface area contributed by atoms with Crippen molar-refractivity contribution in [2.45, 2.75) is 6.54 Å². The lowest BCUT2D eigenvalue weighted by atomic mass is 10.1. The maximum absolute atomic E-state index is 13.6. The Morgan fingerprint density at radius 2 is 1.93 bits per heavy atom. The topological polar surface area (TPSA) is 52.8 Å². The Morgan fingerprint density at radius 3 is 2.76 bits per heavy atom. The molecule has 0 aliphatic carbocycles. The van der Waals surface area contributed by atoms with Gasteiger partial charge in [-0.25, -0.2) is 4.39 Å². The van der Waals surface area contributed by atoms with Crippen LogP contribution in [0, 0.1) is 5.82 Å². The summed E-state index contributed by atoms with van der Waals surface area (Å²) >= 11 is 1.26. The predicted molar refractivity (Wildman–Crippen MR) is 112 cm³/mol. The summed E-state index contributed by atoms with van der Waals surface area (Å²) in [7, 11) is 1.61. The number of thiazole rings is 1. The van der Waals surface area contributed by atoms with Crippen LogP contribution in [0.4, 0.5) is 4.39 Å². The molecule has 0 bridgehead atoms. The van der Waals surface area contributed by atoms with E-state index < -0.39 is 5.91 Å². The molecular weight excluding hydrogens is 391 g/mol. The molecule has 0 saturated carbocycles. The number of nitrogens with zero attached hydrogens (tertiary/aromatic N) is 2. The number of amides is 1. The van der Waals surface area contributed by atoms with Gasteiger partial charge in [-0.05, 0) is 41.1 Å². The van der Waals surface area contributed by atoms with Gasteiger partial charge < -0.3 is 14.0 Å². The van der Waals surface area contributed by atoms with Gasteiger partial charge in [-0.1, -0.05) is 41.7 Å². The fraction of sp³-hybridized carbons (Fsp3) is 0.182. The molecule has 3 aromatic carbocycles. The van der Waals surface area contributed by atoms with Gasteiger partial charge in [0.05, 0.1) is 16.8 Å². The second-order valence-electron chi connectivity index (χ2n) is 6.44. The smallest absolute Gasteiger partial charge is 0.286 e. The van der Waals surface area contributed by atoms with E-state index >= 15 is 0 Å². The summed E-state index contributed by atoms with van der Waals surface area (Å²) in [5.41, 5.74) is 0.815. The van der Waals surface area contributed by atoms with Crippen molar-refractivity contribution in [1.82, 2.24) is 4.57 Å². The highest BCUT2D eigenvalue weighted by Crippen LogP contribution is 2.21. The first-order valence-electron chi connectivity index (χ1n) is 9.11. The molecule has 1 amide bonds. The molecule has 0 spiro atoms. The van der Waals surface area contributed by atoms with Gasteiger partial charge >= 0.3 is 0 Å². The zero-order valence-electron chi connectivity index (χ0n) is 15.8. The van der Waals surface area contributed by atoms with Gasteiger partial charge in [-0.2, -0.15) is 4.99 Å².